The third-order valence-electron chi connectivity index (χ3n) is 2.57. The third-order valence-corrected chi connectivity index (χ3v) is 2.57. The second kappa shape index (κ2) is 9.15. The number of aliphatic imine (C=N–C) groups is 1. The van der Waals surface area contributed by atoms with Gasteiger partial charge in [0.25, 0.3) is 0 Å². The molecule has 1 aromatic heterocycles. The van der Waals surface area contributed by atoms with Crippen LogP contribution in [-0.4, -0.2) is 29.7 Å². The van der Waals surface area contributed by atoms with Crippen LogP contribution in [0.1, 0.15) is 52.3 Å². The van der Waals surface area contributed by atoms with E-state index in [0.29, 0.717) is 18.3 Å². The number of halogens is 1. The molecule has 0 bridgehead atoms. The van der Waals surface area contributed by atoms with Crippen LogP contribution in [-0.2, 0) is 12.0 Å². The van der Waals surface area contributed by atoms with E-state index in [-0.39, 0.29) is 29.4 Å². The fraction of sp³-hybridized carbons (Fsp3) is 0.769. The molecule has 1 rings (SSSR count). The highest BCUT2D eigenvalue weighted by Crippen LogP contribution is 2.19. The molecule has 0 saturated carbocycles. The summed E-state index contributed by atoms with van der Waals surface area (Å²) in [6, 6.07) is 0. The molecule has 6 nitrogen and oxygen atoms in total. The molecule has 0 spiro atoms. The summed E-state index contributed by atoms with van der Waals surface area (Å²) in [5, 5.41) is 10.3. The van der Waals surface area contributed by atoms with Crippen LogP contribution < -0.4 is 10.6 Å². The van der Waals surface area contributed by atoms with Gasteiger partial charge in [0.15, 0.2) is 11.8 Å². The molecule has 0 unspecified atom stereocenters. The highest BCUT2D eigenvalue weighted by Gasteiger charge is 2.21. The standard InChI is InChI=1S/C13H25N5O.HI/c1-6-7-8-15-12(14-5)16-9-10-17-11(19-18-10)13(2,3)4;/h6-9H2,1-5H3,(H2,14,15,16);1H. The van der Waals surface area contributed by atoms with Crippen molar-refractivity contribution in [2.24, 2.45) is 4.99 Å². The van der Waals surface area contributed by atoms with Crippen LogP contribution in [0.4, 0.5) is 0 Å². The molecular formula is C13H26IN5O. The Bertz CT molecular complexity index is 411. The minimum atomic E-state index is -0.119. The van der Waals surface area contributed by atoms with E-state index in [9.17, 15) is 0 Å². The number of nitrogens with one attached hydrogen (secondary N) is 2. The third kappa shape index (κ3) is 6.53. The lowest BCUT2D eigenvalue weighted by Crippen LogP contribution is -2.37. The zero-order valence-corrected chi connectivity index (χ0v) is 15.3. The van der Waals surface area contributed by atoms with Gasteiger partial charge in [0.2, 0.25) is 5.89 Å². The number of hydrogen-bond donors (Lipinski definition) is 2. The Hall–Kier alpha value is -0.860. The Morgan fingerprint density at radius 2 is 2.00 bits per heavy atom. The summed E-state index contributed by atoms with van der Waals surface area (Å²) in [5.74, 6) is 2.05. The zero-order chi connectivity index (χ0) is 14.3. The number of guanidine groups is 1. The van der Waals surface area contributed by atoms with Crippen LogP contribution in [0.3, 0.4) is 0 Å². The molecular weight excluding hydrogens is 369 g/mol. The van der Waals surface area contributed by atoms with E-state index in [4.69, 9.17) is 4.52 Å². The molecule has 116 valence electrons. The van der Waals surface area contributed by atoms with E-state index in [0.717, 1.165) is 25.3 Å². The Morgan fingerprint density at radius 3 is 2.50 bits per heavy atom. The number of hydrogen-bond acceptors (Lipinski definition) is 4. The molecule has 0 fully saturated rings. The van der Waals surface area contributed by atoms with Gasteiger partial charge in [-0.15, -0.1) is 24.0 Å². The van der Waals surface area contributed by atoms with E-state index in [1.807, 2.05) is 20.8 Å². The molecule has 0 atom stereocenters. The SMILES string of the molecule is CCCCNC(=NC)NCc1noc(C(C)(C)C)n1.I. The van der Waals surface area contributed by atoms with Crippen molar-refractivity contribution in [3.05, 3.63) is 11.7 Å². The lowest BCUT2D eigenvalue weighted by atomic mass is 9.97. The van der Waals surface area contributed by atoms with Gasteiger partial charge in [-0.05, 0) is 6.42 Å². The van der Waals surface area contributed by atoms with Gasteiger partial charge in [0.05, 0.1) is 6.54 Å². The van der Waals surface area contributed by atoms with Crippen molar-refractivity contribution >= 4 is 29.9 Å². The molecule has 0 aliphatic rings. The first-order valence-electron chi connectivity index (χ1n) is 6.75. The van der Waals surface area contributed by atoms with Crippen molar-refractivity contribution in [3.8, 4) is 0 Å². The monoisotopic (exact) mass is 395 g/mol. The Balaban J connectivity index is 0.00000361. The molecule has 0 aliphatic heterocycles. The van der Waals surface area contributed by atoms with Crippen molar-refractivity contribution in [3.63, 3.8) is 0 Å². The highest BCUT2D eigenvalue weighted by molar-refractivity contribution is 14.0. The van der Waals surface area contributed by atoms with Gasteiger partial charge in [-0.25, -0.2) is 0 Å². The highest BCUT2D eigenvalue weighted by atomic mass is 127. The van der Waals surface area contributed by atoms with E-state index in [2.05, 4.69) is 32.7 Å². The Morgan fingerprint density at radius 1 is 1.30 bits per heavy atom. The Kier molecular flexibility index (Phi) is 8.75. The first-order chi connectivity index (χ1) is 8.97. The number of nitrogens with zero attached hydrogens (tertiary/aromatic N) is 3. The molecule has 0 radical (unpaired) electrons. The van der Waals surface area contributed by atoms with Crippen LogP contribution >= 0.6 is 24.0 Å². The van der Waals surface area contributed by atoms with Gasteiger partial charge >= 0.3 is 0 Å². The van der Waals surface area contributed by atoms with Crippen LogP contribution in [0.5, 0.6) is 0 Å². The van der Waals surface area contributed by atoms with Crippen LogP contribution in [0.15, 0.2) is 9.52 Å². The number of aromatic nitrogens is 2. The minimum absolute atomic E-state index is 0. The predicted molar refractivity (Wildman–Crippen MR) is 91.5 cm³/mol. The maximum Gasteiger partial charge on any atom is 0.232 e. The van der Waals surface area contributed by atoms with Gasteiger partial charge < -0.3 is 15.2 Å². The maximum absolute atomic E-state index is 5.23. The summed E-state index contributed by atoms with van der Waals surface area (Å²) in [5.41, 5.74) is -0.119. The molecule has 0 amide bonds. The molecule has 0 aliphatic carbocycles. The second-order valence-corrected chi connectivity index (χ2v) is 5.47. The first-order valence-corrected chi connectivity index (χ1v) is 6.75. The molecule has 2 N–H and O–H groups in total. The first kappa shape index (κ1) is 19.1. The van der Waals surface area contributed by atoms with Crippen LogP contribution in [0.2, 0.25) is 0 Å². The van der Waals surface area contributed by atoms with E-state index >= 15 is 0 Å². The summed E-state index contributed by atoms with van der Waals surface area (Å²) >= 11 is 0. The van der Waals surface area contributed by atoms with Gasteiger partial charge in [0.1, 0.15) is 0 Å². The quantitative estimate of drug-likeness (QED) is 0.347. The molecule has 1 aromatic rings. The minimum Gasteiger partial charge on any atom is -0.356 e. The molecule has 7 heteroatoms. The van der Waals surface area contributed by atoms with Gasteiger partial charge in [-0.1, -0.05) is 39.3 Å². The average molecular weight is 395 g/mol. The van der Waals surface area contributed by atoms with Crippen molar-refractivity contribution in [2.75, 3.05) is 13.6 Å². The Labute approximate surface area is 138 Å². The predicted octanol–water partition coefficient (Wildman–Crippen LogP) is 2.45. The average Bonchev–Trinajstić information content (AvgIpc) is 2.82. The van der Waals surface area contributed by atoms with Crippen molar-refractivity contribution in [1.29, 1.82) is 0 Å². The molecule has 1 heterocycles. The lowest BCUT2D eigenvalue weighted by molar-refractivity contribution is 0.318. The topological polar surface area (TPSA) is 75.3 Å². The lowest BCUT2D eigenvalue weighted by Gasteiger charge is -2.11. The number of unbranched alkanes of at least 4 members (excludes halogenated alkanes) is 1. The van der Waals surface area contributed by atoms with E-state index < -0.39 is 0 Å². The number of rotatable bonds is 5. The molecule has 0 saturated heterocycles. The van der Waals surface area contributed by atoms with E-state index in [1.165, 1.54) is 0 Å². The summed E-state index contributed by atoms with van der Waals surface area (Å²) in [4.78, 5) is 8.50. The van der Waals surface area contributed by atoms with Gasteiger partial charge in [-0.3, -0.25) is 4.99 Å². The smallest absolute Gasteiger partial charge is 0.232 e. The summed E-state index contributed by atoms with van der Waals surface area (Å²) in [6.45, 7) is 9.71. The van der Waals surface area contributed by atoms with Gasteiger partial charge in [-0.2, -0.15) is 4.98 Å². The second-order valence-electron chi connectivity index (χ2n) is 5.47. The summed E-state index contributed by atoms with van der Waals surface area (Å²) < 4.78 is 5.23. The van der Waals surface area contributed by atoms with Gasteiger partial charge in [0, 0.05) is 19.0 Å². The van der Waals surface area contributed by atoms with E-state index in [1.54, 1.807) is 7.05 Å². The molecule has 20 heavy (non-hydrogen) atoms. The molecule has 0 aromatic carbocycles. The van der Waals surface area contributed by atoms with Crippen LogP contribution in [0.25, 0.3) is 0 Å². The van der Waals surface area contributed by atoms with Crippen molar-refractivity contribution in [2.45, 2.75) is 52.5 Å². The fourth-order valence-corrected chi connectivity index (χ4v) is 1.40. The normalized spacial score (nSPS) is 11.9. The van der Waals surface area contributed by atoms with Crippen molar-refractivity contribution in [1.82, 2.24) is 20.8 Å². The van der Waals surface area contributed by atoms with Crippen LogP contribution in [0, 0.1) is 0 Å². The maximum atomic E-state index is 5.23. The largest absolute Gasteiger partial charge is 0.356 e. The summed E-state index contributed by atoms with van der Waals surface area (Å²) in [6.07, 6.45) is 2.28. The fourth-order valence-electron chi connectivity index (χ4n) is 1.40. The summed E-state index contributed by atoms with van der Waals surface area (Å²) in [7, 11) is 1.75. The zero-order valence-electron chi connectivity index (χ0n) is 13.0. The van der Waals surface area contributed by atoms with Crippen molar-refractivity contribution < 1.29 is 4.52 Å².